The van der Waals surface area contributed by atoms with Crippen LogP contribution in [-0.2, 0) is 4.79 Å². The third-order valence-electron chi connectivity index (χ3n) is 2.61. The van der Waals surface area contributed by atoms with Gasteiger partial charge in [-0.25, -0.2) is 18.0 Å². The number of aliphatic carboxylic acids is 1. The SMILES string of the molecule is C/C(N)=C(/C=C(\N)c1c(C(F)F)ccc(Cl)c1F)C(=O)O. The number of halogens is 4. The summed E-state index contributed by atoms with van der Waals surface area (Å²) in [7, 11) is 0. The van der Waals surface area contributed by atoms with Gasteiger partial charge < -0.3 is 16.6 Å². The molecule has 0 unspecified atom stereocenters. The van der Waals surface area contributed by atoms with Crippen molar-refractivity contribution in [2.75, 3.05) is 0 Å². The van der Waals surface area contributed by atoms with Gasteiger partial charge in [0.15, 0.2) is 5.82 Å². The van der Waals surface area contributed by atoms with Crippen molar-refractivity contribution in [3.05, 3.63) is 51.4 Å². The molecule has 4 nitrogen and oxygen atoms in total. The molecule has 5 N–H and O–H groups in total. The molecule has 0 fully saturated rings. The fourth-order valence-electron chi connectivity index (χ4n) is 1.61. The molecule has 1 rings (SSSR count). The molecule has 114 valence electrons. The molecule has 0 bridgehead atoms. The van der Waals surface area contributed by atoms with Crippen LogP contribution < -0.4 is 11.5 Å². The second-order valence-corrected chi connectivity index (χ2v) is 4.54. The molecule has 0 saturated heterocycles. The van der Waals surface area contributed by atoms with E-state index in [1.807, 2.05) is 0 Å². The van der Waals surface area contributed by atoms with E-state index >= 15 is 0 Å². The Morgan fingerprint density at radius 3 is 2.38 bits per heavy atom. The summed E-state index contributed by atoms with van der Waals surface area (Å²) in [5.74, 6) is -2.57. The first-order valence-electron chi connectivity index (χ1n) is 5.60. The number of allylic oxidation sites excluding steroid dienone is 1. The number of nitrogens with two attached hydrogens (primary N) is 2. The van der Waals surface area contributed by atoms with E-state index in [1.54, 1.807) is 0 Å². The average molecular weight is 321 g/mol. The van der Waals surface area contributed by atoms with Crippen LogP contribution in [0.1, 0.15) is 24.5 Å². The fourth-order valence-corrected chi connectivity index (χ4v) is 1.77. The molecule has 0 radical (unpaired) electrons. The maximum Gasteiger partial charge on any atom is 0.337 e. The van der Waals surface area contributed by atoms with Crippen LogP contribution >= 0.6 is 11.6 Å². The Morgan fingerprint density at radius 2 is 1.95 bits per heavy atom. The molecule has 21 heavy (non-hydrogen) atoms. The van der Waals surface area contributed by atoms with Gasteiger partial charge in [0.05, 0.1) is 10.6 Å². The smallest absolute Gasteiger partial charge is 0.337 e. The highest BCUT2D eigenvalue weighted by Gasteiger charge is 2.21. The summed E-state index contributed by atoms with van der Waals surface area (Å²) in [6.07, 6.45) is -2.19. The second-order valence-electron chi connectivity index (χ2n) is 4.13. The van der Waals surface area contributed by atoms with Crippen molar-refractivity contribution in [2.24, 2.45) is 11.5 Å². The minimum absolute atomic E-state index is 0.105. The number of rotatable bonds is 4. The first-order chi connectivity index (χ1) is 9.66. The van der Waals surface area contributed by atoms with Gasteiger partial charge in [-0.1, -0.05) is 17.7 Å². The number of hydrogen-bond acceptors (Lipinski definition) is 3. The van der Waals surface area contributed by atoms with Gasteiger partial charge >= 0.3 is 5.97 Å². The van der Waals surface area contributed by atoms with E-state index in [1.165, 1.54) is 6.92 Å². The number of carbonyl (C=O) groups is 1. The van der Waals surface area contributed by atoms with Crippen molar-refractivity contribution in [3.63, 3.8) is 0 Å². The maximum absolute atomic E-state index is 13.9. The Labute approximate surface area is 123 Å². The van der Waals surface area contributed by atoms with Gasteiger partial charge in [0.25, 0.3) is 6.43 Å². The van der Waals surface area contributed by atoms with E-state index < -0.39 is 45.6 Å². The number of benzene rings is 1. The zero-order chi connectivity index (χ0) is 16.3. The average Bonchev–Trinajstić information content (AvgIpc) is 2.37. The van der Waals surface area contributed by atoms with Crippen molar-refractivity contribution in [2.45, 2.75) is 13.3 Å². The lowest BCUT2D eigenvalue weighted by atomic mass is 10.0. The zero-order valence-corrected chi connectivity index (χ0v) is 11.6. The molecule has 0 spiro atoms. The molecular formula is C13H12ClF3N2O2. The van der Waals surface area contributed by atoms with Gasteiger partial charge in [0.1, 0.15) is 0 Å². The Balaban J connectivity index is 3.56. The molecule has 0 heterocycles. The summed E-state index contributed by atoms with van der Waals surface area (Å²) < 4.78 is 39.8. The Bertz CT molecular complexity index is 639. The predicted octanol–water partition coefficient (Wildman–Crippen LogP) is 3.03. The molecule has 1 aromatic rings. The Morgan fingerprint density at radius 1 is 1.38 bits per heavy atom. The van der Waals surface area contributed by atoms with Crippen LogP contribution in [0.2, 0.25) is 5.02 Å². The van der Waals surface area contributed by atoms with E-state index in [4.69, 9.17) is 28.2 Å². The molecule has 0 aromatic heterocycles. The van der Waals surface area contributed by atoms with Gasteiger partial charge in [-0.3, -0.25) is 0 Å². The van der Waals surface area contributed by atoms with Crippen molar-refractivity contribution in [1.82, 2.24) is 0 Å². The van der Waals surface area contributed by atoms with Crippen molar-refractivity contribution < 1.29 is 23.1 Å². The van der Waals surface area contributed by atoms with E-state index in [0.717, 1.165) is 18.2 Å². The van der Waals surface area contributed by atoms with E-state index in [2.05, 4.69) is 0 Å². The Kier molecular flexibility index (Phi) is 5.26. The molecule has 0 aliphatic carbocycles. The molecule has 0 atom stereocenters. The highest BCUT2D eigenvalue weighted by molar-refractivity contribution is 6.31. The standard InChI is InChI=1S/C13H12ClF3N2O2/c1-5(18)7(13(20)21)4-9(19)10-6(12(16)17)2-3-8(14)11(10)15/h2-4,12H,18-19H2,1H3,(H,20,21)/b7-5+,9-4-. The molecule has 0 aliphatic heterocycles. The number of carboxylic acid groups (broad SMARTS) is 1. The summed E-state index contributed by atoms with van der Waals surface area (Å²) in [5, 5.41) is 8.53. The summed E-state index contributed by atoms with van der Waals surface area (Å²) in [5.41, 5.74) is 8.55. The second kappa shape index (κ2) is 6.53. The minimum Gasteiger partial charge on any atom is -0.478 e. The van der Waals surface area contributed by atoms with Gasteiger partial charge in [-0.15, -0.1) is 0 Å². The van der Waals surface area contributed by atoms with Crippen LogP contribution in [0.15, 0.2) is 29.5 Å². The molecule has 0 saturated carbocycles. The lowest BCUT2D eigenvalue weighted by molar-refractivity contribution is -0.132. The largest absolute Gasteiger partial charge is 0.478 e. The van der Waals surface area contributed by atoms with Gasteiger partial charge in [0.2, 0.25) is 0 Å². The predicted molar refractivity (Wildman–Crippen MR) is 73.1 cm³/mol. The molecular weight excluding hydrogens is 309 g/mol. The normalized spacial score (nSPS) is 13.3. The summed E-state index contributed by atoms with van der Waals surface area (Å²) in [4.78, 5) is 11.0. The number of alkyl halides is 2. The zero-order valence-electron chi connectivity index (χ0n) is 10.8. The summed E-state index contributed by atoms with van der Waals surface area (Å²) in [6, 6.07) is 1.89. The van der Waals surface area contributed by atoms with Crippen LogP contribution in [0.5, 0.6) is 0 Å². The van der Waals surface area contributed by atoms with Crippen molar-refractivity contribution in [1.29, 1.82) is 0 Å². The maximum atomic E-state index is 13.9. The van der Waals surface area contributed by atoms with E-state index in [0.29, 0.717) is 0 Å². The molecule has 8 heteroatoms. The third kappa shape index (κ3) is 3.69. The van der Waals surface area contributed by atoms with E-state index in [-0.39, 0.29) is 5.70 Å². The van der Waals surface area contributed by atoms with Crippen molar-refractivity contribution in [3.8, 4) is 0 Å². The number of carboxylic acids is 1. The van der Waals surface area contributed by atoms with Gasteiger partial charge in [-0.2, -0.15) is 0 Å². The van der Waals surface area contributed by atoms with Crippen LogP contribution in [0.4, 0.5) is 13.2 Å². The topological polar surface area (TPSA) is 89.3 Å². The third-order valence-corrected chi connectivity index (χ3v) is 2.90. The van der Waals surface area contributed by atoms with Gasteiger partial charge in [0, 0.05) is 22.5 Å². The van der Waals surface area contributed by atoms with Crippen LogP contribution in [-0.4, -0.2) is 11.1 Å². The lowest BCUT2D eigenvalue weighted by Gasteiger charge is -2.12. The summed E-state index contributed by atoms with van der Waals surface area (Å²) in [6.45, 7) is 1.29. The molecule has 0 aliphatic rings. The van der Waals surface area contributed by atoms with Crippen LogP contribution in [0, 0.1) is 5.82 Å². The molecule has 1 aromatic carbocycles. The monoisotopic (exact) mass is 320 g/mol. The minimum atomic E-state index is -3.00. The quantitative estimate of drug-likeness (QED) is 0.587. The number of hydrogen-bond donors (Lipinski definition) is 3. The lowest BCUT2D eigenvalue weighted by Crippen LogP contribution is -2.11. The highest BCUT2D eigenvalue weighted by atomic mass is 35.5. The Hall–Kier alpha value is -2.15. The van der Waals surface area contributed by atoms with Crippen molar-refractivity contribution >= 4 is 23.3 Å². The first-order valence-corrected chi connectivity index (χ1v) is 5.97. The van der Waals surface area contributed by atoms with Gasteiger partial charge in [-0.05, 0) is 19.1 Å². The fraction of sp³-hybridized carbons (Fsp3) is 0.154. The van der Waals surface area contributed by atoms with E-state index in [9.17, 15) is 18.0 Å². The summed E-state index contributed by atoms with van der Waals surface area (Å²) >= 11 is 5.54. The van der Waals surface area contributed by atoms with Crippen LogP contribution in [0.3, 0.4) is 0 Å². The molecule has 0 amide bonds. The highest BCUT2D eigenvalue weighted by Crippen LogP contribution is 2.32. The first kappa shape index (κ1) is 16.9. The van der Waals surface area contributed by atoms with Crippen LogP contribution in [0.25, 0.3) is 5.70 Å².